The van der Waals surface area contributed by atoms with Crippen LogP contribution in [-0.2, 0) is 9.53 Å². The molecule has 0 aromatic heterocycles. The van der Waals surface area contributed by atoms with Gasteiger partial charge >= 0.3 is 11.9 Å². The summed E-state index contributed by atoms with van der Waals surface area (Å²) in [5, 5.41) is 17.8. The highest BCUT2D eigenvalue weighted by Crippen LogP contribution is 2.16. The first-order valence-corrected chi connectivity index (χ1v) is 6.74. The van der Waals surface area contributed by atoms with Crippen molar-refractivity contribution >= 4 is 11.9 Å². The number of hydrogen-bond donors (Lipinski definition) is 2. The highest BCUT2D eigenvalue weighted by Gasteiger charge is 2.15. The average molecular weight is 280 g/mol. The maximum Gasteiger partial charge on any atom is 0.338 e. The molecule has 1 unspecified atom stereocenters. The molecule has 0 heterocycles. The van der Waals surface area contributed by atoms with Gasteiger partial charge in [0.2, 0.25) is 0 Å². The van der Waals surface area contributed by atoms with Gasteiger partial charge in [-0.2, -0.15) is 0 Å². The molecular weight excluding hydrogens is 260 g/mol. The van der Waals surface area contributed by atoms with Crippen molar-refractivity contribution in [2.24, 2.45) is 0 Å². The number of carboxylic acid groups (broad SMARTS) is 1. The number of carbonyl (C=O) groups is 2. The summed E-state index contributed by atoms with van der Waals surface area (Å²) in [6, 6.07) is 5.85. The van der Waals surface area contributed by atoms with E-state index in [-0.39, 0.29) is 18.3 Å². The SMILES string of the molecule is CCCC(CCCC(=O)O)OC(=O)c1ccc(O)cc1. The molecule has 0 bridgehead atoms. The number of esters is 1. The number of carboxylic acids is 1. The lowest BCUT2D eigenvalue weighted by Crippen LogP contribution is -2.18. The topological polar surface area (TPSA) is 83.8 Å². The molecule has 1 rings (SSSR count). The molecular formula is C15H20O5. The minimum atomic E-state index is -0.842. The van der Waals surface area contributed by atoms with Crippen LogP contribution < -0.4 is 0 Å². The maximum atomic E-state index is 11.9. The third-order valence-electron chi connectivity index (χ3n) is 2.90. The second-order valence-corrected chi connectivity index (χ2v) is 4.65. The summed E-state index contributed by atoms with van der Waals surface area (Å²) in [5.74, 6) is -1.20. The van der Waals surface area contributed by atoms with Crippen LogP contribution >= 0.6 is 0 Å². The lowest BCUT2D eigenvalue weighted by atomic mass is 10.1. The second-order valence-electron chi connectivity index (χ2n) is 4.65. The first-order chi connectivity index (χ1) is 9.52. The van der Waals surface area contributed by atoms with Crippen molar-refractivity contribution in [1.82, 2.24) is 0 Å². The van der Waals surface area contributed by atoms with Crippen LogP contribution in [0.5, 0.6) is 5.75 Å². The van der Waals surface area contributed by atoms with E-state index in [9.17, 15) is 9.59 Å². The Morgan fingerprint density at radius 3 is 2.40 bits per heavy atom. The van der Waals surface area contributed by atoms with Crippen LogP contribution in [0.15, 0.2) is 24.3 Å². The molecule has 0 fully saturated rings. The summed E-state index contributed by atoms with van der Waals surface area (Å²) in [6.45, 7) is 1.98. The summed E-state index contributed by atoms with van der Waals surface area (Å²) in [4.78, 5) is 22.4. The standard InChI is InChI=1S/C15H20O5/c1-2-4-13(5-3-6-14(17)18)20-15(19)11-7-9-12(16)10-8-11/h7-10,13,16H,2-6H2,1H3,(H,17,18). The molecule has 20 heavy (non-hydrogen) atoms. The number of ether oxygens (including phenoxy) is 1. The highest BCUT2D eigenvalue weighted by molar-refractivity contribution is 5.89. The fourth-order valence-electron chi connectivity index (χ4n) is 1.88. The van der Waals surface area contributed by atoms with Gasteiger partial charge in [-0.15, -0.1) is 0 Å². The second kappa shape index (κ2) is 8.19. The Labute approximate surface area is 118 Å². The van der Waals surface area contributed by atoms with E-state index in [1.165, 1.54) is 24.3 Å². The molecule has 0 aliphatic carbocycles. The van der Waals surface area contributed by atoms with Gasteiger partial charge in [0.1, 0.15) is 11.9 Å². The van der Waals surface area contributed by atoms with E-state index >= 15 is 0 Å². The Morgan fingerprint density at radius 1 is 1.20 bits per heavy atom. The van der Waals surface area contributed by atoms with Gasteiger partial charge in [-0.05, 0) is 43.5 Å². The van der Waals surface area contributed by atoms with Crippen molar-refractivity contribution in [3.63, 3.8) is 0 Å². The van der Waals surface area contributed by atoms with Gasteiger partial charge < -0.3 is 14.9 Å². The molecule has 1 aromatic rings. The van der Waals surface area contributed by atoms with E-state index in [0.29, 0.717) is 24.8 Å². The van der Waals surface area contributed by atoms with E-state index < -0.39 is 11.9 Å². The number of aromatic hydroxyl groups is 1. The quantitative estimate of drug-likeness (QED) is 0.715. The molecule has 0 saturated heterocycles. The van der Waals surface area contributed by atoms with Gasteiger partial charge in [0.05, 0.1) is 5.56 Å². The van der Waals surface area contributed by atoms with Crippen LogP contribution in [0.25, 0.3) is 0 Å². The number of carbonyl (C=O) groups excluding carboxylic acids is 1. The van der Waals surface area contributed by atoms with Crippen molar-refractivity contribution in [3.05, 3.63) is 29.8 Å². The Kier molecular flexibility index (Phi) is 6.56. The fourth-order valence-corrected chi connectivity index (χ4v) is 1.88. The molecule has 110 valence electrons. The van der Waals surface area contributed by atoms with Gasteiger partial charge in [-0.25, -0.2) is 4.79 Å². The van der Waals surface area contributed by atoms with Crippen LogP contribution in [0.4, 0.5) is 0 Å². The summed E-state index contributed by atoms with van der Waals surface area (Å²) in [7, 11) is 0. The van der Waals surface area contributed by atoms with E-state index in [0.717, 1.165) is 6.42 Å². The number of phenols is 1. The smallest absolute Gasteiger partial charge is 0.338 e. The van der Waals surface area contributed by atoms with Gasteiger partial charge in [0, 0.05) is 6.42 Å². The monoisotopic (exact) mass is 280 g/mol. The Balaban J connectivity index is 2.53. The Morgan fingerprint density at radius 2 is 1.85 bits per heavy atom. The summed E-state index contributed by atoms with van der Waals surface area (Å²) in [6.07, 6.45) is 2.43. The normalized spacial score (nSPS) is 11.8. The van der Waals surface area contributed by atoms with Crippen LogP contribution in [0.3, 0.4) is 0 Å². The van der Waals surface area contributed by atoms with Gasteiger partial charge in [0.15, 0.2) is 0 Å². The van der Waals surface area contributed by atoms with Crippen molar-refractivity contribution < 1.29 is 24.5 Å². The van der Waals surface area contributed by atoms with Crippen molar-refractivity contribution in [1.29, 1.82) is 0 Å². The molecule has 1 aromatic carbocycles. The van der Waals surface area contributed by atoms with Crippen LogP contribution in [0.2, 0.25) is 0 Å². The zero-order valence-electron chi connectivity index (χ0n) is 11.5. The molecule has 5 nitrogen and oxygen atoms in total. The van der Waals surface area contributed by atoms with Crippen molar-refractivity contribution in [2.75, 3.05) is 0 Å². The first-order valence-electron chi connectivity index (χ1n) is 6.74. The molecule has 0 saturated carbocycles. The largest absolute Gasteiger partial charge is 0.508 e. The molecule has 0 spiro atoms. The number of aliphatic carboxylic acids is 1. The highest BCUT2D eigenvalue weighted by atomic mass is 16.5. The number of hydrogen-bond acceptors (Lipinski definition) is 4. The van der Waals surface area contributed by atoms with Gasteiger partial charge in [-0.1, -0.05) is 13.3 Å². The zero-order chi connectivity index (χ0) is 15.0. The average Bonchev–Trinajstić information content (AvgIpc) is 2.39. The fraction of sp³-hybridized carbons (Fsp3) is 0.467. The predicted molar refractivity (Wildman–Crippen MR) is 73.7 cm³/mol. The summed E-state index contributed by atoms with van der Waals surface area (Å²) >= 11 is 0. The first kappa shape index (κ1) is 16.0. The molecule has 0 aliphatic rings. The van der Waals surface area contributed by atoms with Gasteiger partial charge in [0.25, 0.3) is 0 Å². The lowest BCUT2D eigenvalue weighted by molar-refractivity contribution is -0.137. The number of rotatable bonds is 8. The summed E-state index contributed by atoms with van der Waals surface area (Å²) < 4.78 is 5.39. The Hall–Kier alpha value is -2.04. The molecule has 1 atom stereocenters. The van der Waals surface area contributed by atoms with Crippen LogP contribution in [0.1, 0.15) is 49.4 Å². The van der Waals surface area contributed by atoms with Crippen molar-refractivity contribution in [2.45, 2.75) is 45.1 Å². The predicted octanol–water partition coefficient (Wildman–Crippen LogP) is 2.97. The van der Waals surface area contributed by atoms with E-state index in [4.69, 9.17) is 14.9 Å². The molecule has 2 N–H and O–H groups in total. The molecule has 0 radical (unpaired) electrons. The minimum absolute atomic E-state index is 0.0803. The van der Waals surface area contributed by atoms with Crippen LogP contribution in [-0.4, -0.2) is 28.3 Å². The minimum Gasteiger partial charge on any atom is -0.508 e. The van der Waals surface area contributed by atoms with Crippen molar-refractivity contribution in [3.8, 4) is 5.75 Å². The van der Waals surface area contributed by atoms with E-state index in [2.05, 4.69) is 0 Å². The Bertz CT molecular complexity index is 438. The number of phenolic OH excluding ortho intramolecular Hbond substituents is 1. The lowest BCUT2D eigenvalue weighted by Gasteiger charge is -2.17. The zero-order valence-corrected chi connectivity index (χ0v) is 11.5. The van der Waals surface area contributed by atoms with Gasteiger partial charge in [-0.3, -0.25) is 4.79 Å². The molecule has 0 aliphatic heterocycles. The molecule has 5 heteroatoms. The van der Waals surface area contributed by atoms with E-state index in [1.54, 1.807) is 0 Å². The third kappa shape index (κ3) is 5.73. The third-order valence-corrected chi connectivity index (χ3v) is 2.90. The maximum absolute atomic E-state index is 11.9. The van der Waals surface area contributed by atoms with E-state index in [1.807, 2.05) is 6.92 Å². The molecule has 0 amide bonds. The number of benzene rings is 1. The van der Waals surface area contributed by atoms with Crippen LogP contribution in [0, 0.1) is 0 Å². The summed E-state index contributed by atoms with van der Waals surface area (Å²) in [5.41, 5.74) is 0.377.